The van der Waals surface area contributed by atoms with Gasteiger partial charge >= 0.3 is 0 Å². The first-order chi connectivity index (χ1) is 9.67. The van der Waals surface area contributed by atoms with E-state index in [2.05, 4.69) is 6.08 Å². The number of hydrogen-bond acceptors (Lipinski definition) is 4. The van der Waals surface area contributed by atoms with Gasteiger partial charge in [-0.25, -0.2) is 0 Å². The molecule has 1 aromatic carbocycles. The molecule has 0 heterocycles. The van der Waals surface area contributed by atoms with Crippen LogP contribution in [0, 0.1) is 0 Å². The fourth-order valence-corrected chi connectivity index (χ4v) is 2.66. The molecule has 0 spiro atoms. The van der Waals surface area contributed by atoms with Crippen molar-refractivity contribution in [3.05, 3.63) is 29.8 Å². The molecule has 1 aliphatic rings. The van der Waals surface area contributed by atoms with Crippen LogP contribution in [0.2, 0.25) is 0 Å². The minimum atomic E-state index is -0.514. The van der Waals surface area contributed by atoms with Crippen molar-refractivity contribution in [3.63, 3.8) is 0 Å². The normalized spacial score (nSPS) is 24.6. The molecule has 20 heavy (non-hydrogen) atoms. The molecular formula is C16H22O4. The third-order valence-corrected chi connectivity index (χ3v) is 3.76. The largest absolute Gasteiger partial charge is 0.507 e. The van der Waals surface area contributed by atoms with Gasteiger partial charge < -0.3 is 19.7 Å². The summed E-state index contributed by atoms with van der Waals surface area (Å²) >= 11 is 0. The van der Waals surface area contributed by atoms with E-state index in [0.29, 0.717) is 17.1 Å². The molecule has 0 aliphatic heterocycles. The van der Waals surface area contributed by atoms with Gasteiger partial charge in [0.2, 0.25) is 0 Å². The molecule has 2 atom stereocenters. The quantitative estimate of drug-likeness (QED) is 0.835. The summed E-state index contributed by atoms with van der Waals surface area (Å²) in [5, 5.41) is 20.6. The standard InChI is InChI=1S/C16H22O4/c1-19-11-9-14(18)16(15(10-11)20-2)12-7-5-3-4-6-8-13(12)17/h5,7,9-10,12-13,17-18H,3-4,6,8H2,1-2H3/b7-5-/t12-,13-/m0/s1. The van der Waals surface area contributed by atoms with Crippen molar-refractivity contribution in [3.8, 4) is 17.2 Å². The van der Waals surface area contributed by atoms with E-state index in [1.54, 1.807) is 26.4 Å². The number of methoxy groups -OCH3 is 2. The third-order valence-electron chi connectivity index (χ3n) is 3.76. The molecule has 0 bridgehead atoms. The van der Waals surface area contributed by atoms with Crippen LogP contribution in [0.3, 0.4) is 0 Å². The number of allylic oxidation sites excluding steroid dienone is 1. The SMILES string of the molecule is COc1cc(O)c([C@H]2/C=C\CCCC[C@@H]2O)c(OC)c1. The number of phenols is 1. The minimum absolute atomic E-state index is 0.0930. The van der Waals surface area contributed by atoms with Crippen LogP contribution < -0.4 is 9.47 Å². The van der Waals surface area contributed by atoms with Crippen molar-refractivity contribution in [2.45, 2.75) is 37.7 Å². The average Bonchev–Trinajstić information content (AvgIpc) is 2.43. The Labute approximate surface area is 119 Å². The third kappa shape index (κ3) is 3.07. The molecule has 0 saturated heterocycles. The molecule has 0 aromatic heterocycles. The molecule has 0 fully saturated rings. The highest BCUT2D eigenvalue weighted by molar-refractivity contribution is 5.53. The van der Waals surface area contributed by atoms with Gasteiger partial charge in [0.05, 0.1) is 20.3 Å². The Morgan fingerprint density at radius 1 is 1.15 bits per heavy atom. The van der Waals surface area contributed by atoms with Gasteiger partial charge in [-0.2, -0.15) is 0 Å². The molecule has 0 amide bonds. The van der Waals surface area contributed by atoms with E-state index in [1.807, 2.05) is 6.08 Å². The maximum absolute atomic E-state index is 10.3. The van der Waals surface area contributed by atoms with Crippen LogP contribution in [0.25, 0.3) is 0 Å². The van der Waals surface area contributed by atoms with Gasteiger partial charge in [-0.15, -0.1) is 0 Å². The summed E-state index contributed by atoms with van der Waals surface area (Å²) in [6.45, 7) is 0. The lowest BCUT2D eigenvalue weighted by molar-refractivity contribution is 0.142. The average molecular weight is 278 g/mol. The first kappa shape index (κ1) is 14.7. The highest BCUT2D eigenvalue weighted by atomic mass is 16.5. The van der Waals surface area contributed by atoms with Gasteiger partial charge in [-0.05, 0) is 19.3 Å². The summed E-state index contributed by atoms with van der Waals surface area (Å²) < 4.78 is 10.5. The van der Waals surface area contributed by atoms with E-state index in [0.717, 1.165) is 25.7 Å². The lowest BCUT2D eigenvalue weighted by atomic mass is 9.86. The van der Waals surface area contributed by atoms with Gasteiger partial charge in [-0.3, -0.25) is 0 Å². The Kier molecular flexibility index (Phi) is 4.90. The van der Waals surface area contributed by atoms with Crippen molar-refractivity contribution in [1.82, 2.24) is 0 Å². The number of aliphatic hydroxyl groups excluding tert-OH is 1. The molecular weight excluding hydrogens is 256 g/mol. The highest BCUT2D eigenvalue weighted by Crippen LogP contribution is 2.41. The van der Waals surface area contributed by atoms with E-state index < -0.39 is 6.10 Å². The number of phenolic OH excluding ortho intramolecular Hbond substituents is 1. The van der Waals surface area contributed by atoms with E-state index >= 15 is 0 Å². The van der Waals surface area contributed by atoms with Gasteiger partial charge in [0, 0.05) is 23.6 Å². The summed E-state index contributed by atoms with van der Waals surface area (Å²) in [4.78, 5) is 0. The second-order valence-electron chi connectivity index (χ2n) is 5.07. The summed E-state index contributed by atoms with van der Waals surface area (Å²) in [5.74, 6) is 0.912. The smallest absolute Gasteiger partial charge is 0.130 e. The van der Waals surface area contributed by atoms with Crippen LogP contribution in [0.5, 0.6) is 17.2 Å². The van der Waals surface area contributed by atoms with Crippen LogP contribution in [0.1, 0.15) is 37.2 Å². The van der Waals surface area contributed by atoms with Gasteiger partial charge in [0.15, 0.2) is 0 Å². The summed E-state index contributed by atoms with van der Waals surface area (Å²) in [6, 6.07) is 3.28. The Bertz CT molecular complexity index is 482. The van der Waals surface area contributed by atoms with Crippen molar-refractivity contribution in [1.29, 1.82) is 0 Å². The number of aromatic hydroxyl groups is 1. The van der Waals surface area contributed by atoms with Crippen LogP contribution in [-0.2, 0) is 0 Å². The fraction of sp³-hybridized carbons (Fsp3) is 0.500. The zero-order valence-electron chi connectivity index (χ0n) is 12.0. The topological polar surface area (TPSA) is 58.9 Å². The number of hydrogen-bond donors (Lipinski definition) is 2. The summed E-state index contributed by atoms with van der Waals surface area (Å²) in [5.41, 5.74) is 0.624. The van der Waals surface area contributed by atoms with Crippen molar-refractivity contribution in [2.75, 3.05) is 14.2 Å². The second-order valence-corrected chi connectivity index (χ2v) is 5.07. The Balaban J connectivity index is 2.45. The van der Waals surface area contributed by atoms with E-state index in [4.69, 9.17) is 9.47 Å². The molecule has 0 saturated carbocycles. The summed E-state index contributed by atoms with van der Waals surface area (Å²) in [7, 11) is 3.09. The molecule has 4 nitrogen and oxygen atoms in total. The van der Waals surface area contributed by atoms with Crippen LogP contribution in [-0.4, -0.2) is 30.5 Å². The van der Waals surface area contributed by atoms with Gasteiger partial charge in [0.1, 0.15) is 17.2 Å². The monoisotopic (exact) mass is 278 g/mol. The molecule has 2 N–H and O–H groups in total. The van der Waals surface area contributed by atoms with Crippen molar-refractivity contribution in [2.24, 2.45) is 0 Å². The number of rotatable bonds is 3. The number of aliphatic hydroxyl groups is 1. The first-order valence-corrected chi connectivity index (χ1v) is 6.97. The molecule has 0 unspecified atom stereocenters. The molecule has 1 aromatic rings. The fourth-order valence-electron chi connectivity index (χ4n) is 2.66. The summed E-state index contributed by atoms with van der Waals surface area (Å²) in [6.07, 6.45) is 7.32. The van der Waals surface area contributed by atoms with Crippen molar-refractivity contribution >= 4 is 0 Å². The molecule has 0 radical (unpaired) electrons. The minimum Gasteiger partial charge on any atom is -0.507 e. The lowest BCUT2D eigenvalue weighted by Crippen LogP contribution is -2.18. The zero-order chi connectivity index (χ0) is 14.5. The van der Waals surface area contributed by atoms with Crippen LogP contribution in [0.4, 0.5) is 0 Å². The van der Waals surface area contributed by atoms with Crippen LogP contribution >= 0.6 is 0 Å². The number of ether oxygens (including phenoxy) is 2. The Morgan fingerprint density at radius 3 is 2.65 bits per heavy atom. The predicted octanol–water partition coefficient (Wildman–Crippen LogP) is 2.98. The zero-order valence-corrected chi connectivity index (χ0v) is 12.0. The Morgan fingerprint density at radius 2 is 1.95 bits per heavy atom. The highest BCUT2D eigenvalue weighted by Gasteiger charge is 2.26. The lowest BCUT2D eigenvalue weighted by Gasteiger charge is -2.25. The van der Waals surface area contributed by atoms with Crippen molar-refractivity contribution < 1.29 is 19.7 Å². The maximum Gasteiger partial charge on any atom is 0.130 e. The number of benzene rings is 1. The second kappa shape index (κ2) is 6.66. The molecule has 1 aliphatic carbocycles. The van der Waals surface area contributed by atoms with Gasteiger partial charge in [0.25, 0.3) is 0 Å². The first-order valence-electron chi connectivity index (χ1n) is 6.97. The molecule has 2 rings (SSSR count). The van der Waals surface area contributed by atoms with Gasteiger partial charge in [-0.1, -0.05) is 18.6 Å². The van der Waals surface area contributed by atoms with Crippen LogP contribution in [0.15, 0.2) is 24.3 Å². The van der Waals surface area contributed by atoms with E-state index in [1.165, 1.54) is 0 Å². The van der Waals surface area contributed by atoms with E-state index in [-0.39, 0.29) is 11.7 Å². The maximum atomic E-state index is 10.3. The molecule has 110 valence electrons. The molecule has 4 heteroatoms. The Hall–Kier alpha value is -1.68. The van der Waals surface area contributed by atoms with E-state index in [9.17, 15) is 10.2 Å². The predicted molar refractivity (Wildman–Crippen MR) is 77.6 cm³/mol.